The fraction of sp³-hybridized carbons (Fsp3) is 0.115. The van der Waals surface area contributed by atoms with Crippen LogP contribution in [0.1, 0.15) is 21.5 Å². The van der Waals surface area contributed by atoms with Gasteiger partial charge in [0.1, 0.15) is 5.70 Å². The van der Waals surface area contributed by atoms with E-state index in [1.807, 2.05) is 60.7 Å². The first-order valence-corrected chi connectivity index (χ1v) is 10.4. The zero-order valence-electron chi connectivity index (χ0n) is 18.9. The van der Waals surface area contributed by atoms with Gasteiger partial charge < -0.3 is 14.2 Å². The molecule has 0 bridgehead atoms. The number of rotatable bonds is 7. The Morgan fingerprint density at radius 3 is 2.03 bits per heavy atom. The second-order valence-electron chi connectivity index (χ2n) is 7.24. The number of benzene rings is 3. The van der Waals surface area contributed by atoms with Gasteiger partial charge in [0.2, 0.25) is 5.75 Å². The fourth-order valence-electron chi connectivity index (χ4n) is 3.49. The number of hydrazine groups is 1. The smallest absolute Gasteiger partial charge is 0.297 e. The standard InChI is InChI=1S/C26H23N3O5/c1-32-21-15-19(16-22(33-2)23(21)34-3)25(30)28-29-24(18-12-8-5-9-13-18)27-20(26(29)31)14-17-10-6-4-7-11-17/h4-16H,1-3H3,(H,28,30)/b20-14-. The second-order valence-corrected chi connectivity index (χ2v) is 7.24. The van der Waals surface area contributed by atoms with Gasteiger partial charge in [-0.2, -0.15) is 5.01 Å². The molecule has 0 saturated carbocycles. The molecular formula is C26H23N3O5. The first-order valence-electron chi connectivity index (χ1n) is 10.4. The molecule has 1 N–H and O–H groups in total. The second kappa shape index (κ2) is 9.91. The van der Waals surface area contributed by atoms with Crippen molar-refractivity contribution < 1.29 is 23.8 Å². The Morgan fingerprint density at radius 2 is 1.47 bits per heavy atom. The maximum Gasteiger partial charge on any atom is 0.297 e. The highest BCUT2D eigenvalue weighted by Gasteiger charge is 2.33. The molecule has 2 amide bonds. The number of carbonyl (C=O) groups is 2. The average Bonchev–Trinajstić information content (AvgIpc) is 3.18. The number of aliphatic imine (C=N–C) groups is 1. The molecule has 3 aromatic carbocycles. The van der Waals surface area contributed by atoms with Crippen molar-refractivity contribution in [3.63, 3.8) is 0 Å². The lowest BCUT2D eigenvalue weighted by atomic mass is 10.1. The van der Waals surface area contributed by atoms with Gasteiger partial charge in [0.15, 0.2) is 17.3 Å². The molecular weight excluding hydrogens is 434 g/mol. The molecule has 0 saturated heterocycles. The third-order valence-electron chi connectivity index (χ3n) is 5.14. The zero-order valence-corrected chi connectivity index (χ0v) is 18.9. The molecule has 0 spiro atoms. The number of hydrogen-bond acceptors (Lipinski definition) is 6. The van der Waals surface area contributed by atoms with Crippen LogP contribution in [-0.2, 0) is 4.79 Å². The van der Waals surface area contributed by atoms with Crippen molar-refractivity contribution in [3.05, 3.63) is 95.2 Å². The van der Waals surface area contributed by atoms with Crippen LogP contribution < -0.4 is 19.6 Å². The Balaban J connectivity index is 1.70. The topological polar surface area (TPSA) is 89.5 Å². The SMILES string of the molecule is COc1cc(C(=O)NN2C(=O)/C(=C/c3ccccc3)N=C2c2ccccc2)cc(OC)c1OC. The van der Waals surface area contributed by atoms with Crippen molar-refractivity contribution >= 4 is 23.7 Å². The number of amidine groups is 1. The Bertz CT molecular complexity index is 1250. The molecule has 0 radical (unpaired) electrons. The van der Waals surface area contributed by atoms with Crippen molar-refractivity contribution in [3.8, 4) is 17.2 Å². The van der Waals surface area contributed by atoms with Crippen LogP contribution in [-0.4, -0.2) is 44.0 Å². The van der Waals surface area contributed by atoms with E-state index < -0.39 is 11.8 Å². The number of ether oxygens (including phenoxy) is 3. The van der Waals surface area contributed by atoms with Crippen molar-refractivity contribution in [1.82, 2.24) is 10.4 Å². The van der Waals surface area contributed by atoms with Crippen LogP contribution in [0.15, 0.2) is 83.5 Å². The van der Waals surface area contributed by atoms with Gasteiger partial charge in [0.05, 0.1) is 21.3 Å². The van der Waals surface area contributed by atoms with Crippen molar-refractivity contribution in [1.29, 1.82) is 0 Å². The van der Waals surface area contributed by atoms with E-state index in [0.29, 0.717) is 28.6 Å². The van der Waals surface area contributed by atoms with Crippen LogP contribution in [0.2, 0.25) is 0 Å². The quantitative estimate of drug-likeness (QED) is 0.547. The van der Waals surface area contributed by atoms with Gasteiger partial charge in [0, 0.05) is 11.1 Å². The minimum atomic E-state index is -0.544. The molecule has 1 aliphatic rings. The molecule has 8 nitrogen and oxygen atoms in total. The van der Waals surface area contributed by atoms with Crippen molar-refractivity contribution in [2.24, 2.45) is 4.99 Å². The predicted molar refractivity (Wildman–Crippen MR) is 128 cm³/mol. The summed E-state index contributed by atoms with van der Waals surface area (Å²) in [6.07, 6.45) is 1.68. The van der Waals surface area contributed by atoms with Crippen LogP contribution in [0.3, 0.4) is 0 Å². The highest BCUT2D eigenvalue weighted by molar-refractivity contribution is 6.20. The van der Waals surface area contributed by atoms with E-state index in [9.17, 15) is 9.59 Å². The summed E-state index contributed by atoms with van der Waals surface area (Å²) in [6, 6.07) is 21.6. The average molecular weight is 457 g/mol. The summed E-state index contributed by atoms with van der Waals surface area (Å²) in [7, 11) is 4.40. The minimum absolute atomic E-state index is 0.204. The lowest BCUT2D eigenvalue weighted by Crippen LogP contribution is -2.47. The van der Waals surface area contributed by atoms with Crippen molar-refractivity contribution in [2.45, 2.75) is 0 Å². The van der Waals surface area contributed by atoms with Crippen LogP contribution >= 0.6 is 0 Å². The van der Waals surface area contributed by atoms with Gasteiger partial charge in [0.25, 0.3) is 11.8 Å². The summed E-state index contributed by atoms with van der Waals surface area (Å²) >= 11 is 0. The predicted octanol–water partition coefficient (Wildman–Crippen LogP) is 3.69. The van der Waals surface area contributed by atoms with E-state index in [4.69, 9.17) is 14.2 Å². The molecule has 1 heterocycles. The Hall–Kier alpha value is -4.59. The summed E-state index contributed by atoms with van der Waals surface area (Å²) in [5.74, 6) is 0.315. The summed E-state index contributed by atoms with van der Waals surface area (Å²) in [5, 5.41) is 1.15. The van der Waals surface area contributed by atoms with E-state index in [1.165, 1.54) is 33.5 Å². The highest BCUT2D eigenvalue weighted by Crippen LogP contribution is 2.38. The molecule has 3 aromatic rings. The van der Waals surface area contributed by atoms with Gasteiger partial charge in [-0.15, -0.1) is 0 Å². The summed E-state index contributed by atoms with van der Waals surface area (Å²) in [5.41, 5.74) is 4.59. The van der Waals surface area contributed by atoms with E-state index in [0.717, 1.165) is 10.6 Å². The Kier molecular flexibility index (Phi) is 6.59. The Labute approximate surface area is 197 Å². The maximum atomic E-state index is 13.3. The molecule has 0 unspecified atom stereocenters. The first-order chi connectivity index (χ1) is 16.5. The molecule has 0 aliphatic carbocycles. The van der Waals surface area contributed by atoms with Crippen LogP contribution in [0.25, 0.3) is 6.08 Å². The van der Waals surface area contributed by atoms with Gasteiger partial charge in [-0.1, -0.05) is 60.7 Å². The molecule has 34 heavy (non-hydrogen) atoms. The van der Waals surface area contributed by atoms with Crippen molar-refractivity contribution in [2.75, 3.05) is 21.3 Å². The molecule has 172 valence electrons. The van der Waals surface area contributed by atoms with Gasteiger partial charge >= 0.3 is 0 Å². The minimum Gasteiger partial charge on any atom is -0.493 e. The fourth-order valence-corrected chi connectivity index (χ4v) is 3.49. The number of nitrogens with one attached hydrogen (secondary N) is 1. The monoisotopic (exact) mass is 457 g/mol. The normalized spacial score (nSPS) is 14.1. The Morgan fingerprint density at radius 1 is 0.882 bits per heavy atom. The summed E-state index contributed by atoms with van der Waals surface area (Å²) < 4.78 is 16.0. The highest BCUT2D eigenvalue weighted by atomic mass is 16.5. The molecule has 1 aliphatic heterocycles. The lowest BCUT2D eigenvalue weighted by Gasteiger charge is -2.20. The van der Waals surface area contributed by atoms with Crippen LogP contribution in [0.4, 0.5) is 0 Å². The third-order valence-corrected chi connectivity index (χ3v) is 5.14. The van der Waals surface area contributed by atoms with E-state index in [-0.39, 0.29) is 11.3 Å². The van der Waals surface area contributed by atoms with Gasteiger partial charge in [-0.25, -0.2) is 4.99 Å². The van der Waals surface area contributed by atoms with Gasteiger partial charge in [-0.3, -0.25) is 15.0 Å². The van der Waals surface area contributed by atoms with E-state index in [2.05, 4.69) is 10.4 Å². The number of amides is 2. The summed E-state index contributed by atoms with van der Waals surface area (Å²) in [4.78, 5) is 31.0. The third kappa shape index (κ3) is 4.47. The first kappa shape index (κ1) is 22.6. The molecule has 4 rings (SSSR count). The van der Waals surface area contributed by atoms with Crippen LogP contribution in [0, 0.1) is 0 Å². The lowest BCUT2D eigenvalue weighted by molar-refractivity contribution is -0.124. The molecule has 0 atom stereocenters. The number of hydrogen-bond donors (Lipinski definition) is 1. The molecule has 8 heteroatoms. The van der Waals surface area contributed by atoms with E-state index >= 15 is 0 Å². The summed E-state index contributed by atoms with van der Waals surface area (Å²) in [6.45, 7) is 0. The van der Waals surface area contributed by atoms with Gasteiger partial charge in [-0.05, 0) is 23.8 Å². The van der Waals surface area contributed by atoms with Crippen LogP contribution in [0.5, 0.6) is 17.2 Å². The number of methoxy groups -OCH3 is 3. The zero-order chi connectivity index (χ0) is 24.1. The largest absolute Gasteiger partial charge is 0.493 e. The number of nitrogens with zero attached hydrogens (tertiary/aromatic N) is 2. The van der Waals surface area contributed by atoms with E-state index in [1.54, 1.807) is 6.08 Å². The maximum absolute atomic E-state index is 13.3. The molecule has 0 fully saturated rings. The number of carbonyl (C=O) groups excluding carboxylic acids is 2. The molecule has 0 aromatic heterocycles.